The average molecular weight is 645 g/mol. The first-order chi connectivity index (χ1) is 24.3. The highest BCUT2D eigenvalue weighted by atomic mass is 32.1. The zero-order valence-electron chi connectivity index (χ0n) is 26.9. The van der Waals surface area contributed by atoms with Crippen molar-refractivity contribution in [3.05, 3.63) is 180 Å². The first-order valence-electron chi connectivity index (χ1n) is 17.0. The fourth-order valence-corrected chi connectivity index (χ4v) is 9.13. The Hall–Kier alpha value is -5.90. The number of thiophene rings is 1. The van der Waals surface area contributed by atoms with E-state index in [2.05, 4.69) is 179 Å². The second-order valence-corrected chi connectivity index (χ2v) is 14.0. The second kappa shape index (κ2) is 11.4. The van der Waals surface area contributed by atoms with E-state index in [-0.39, 0.29) is 0 Å². The van der Waals surface area contributed by atoms with Crippen molar-refractivity contribution >= 4 is 71.5 Å². The van der Waals surface area contributed by atoms with Gasteiger partial charge in [-0.05, 0) is 83.5 Å². The Morgan fingerprint density at radius 2 is 1.24 bits per heavy atom. The molecule has 10 rings (SSSR count). The third kappa shape index (κ3) is 4.54. The maximum absolute atomic E-state index is 2.49. The highest BCUT2D eigenvalue weighted by Crippen LogP contribution is 2.47. The molecule has 9 aromatic rings. The molecule has 2 aromatic heterocycles. The summed E-state index contributed by atoms with van der Waals surface area (Å²) in [5.41, 5.74) is 11.3. The molecule has 0 aliphatic heterocycles. The summed E-state index contributed by atoms with van der Waals surface area (Å²) in [5.74, 6) is 0. The normalized spacial score (nSPS) is 12.9. The van der Waals surface area contributed by atoms with E-state index in [0.717, 1.165) is 12.8 Å². The molecule has 1 aliphatic carbocycles. The molecule has 49 heavy (non-hydrogen) atoms. The fourth-order valence-electron chi connectivity index (χ4n) is 7.82. The minimum absolute atomic E-state index is 0.975. The maximum Gasteiger partial charge on any atom is 0.0719 e. The SMILES string of the molecule is C1=C(N(c2ccccc2)c2cccc3ccccc23)CCc2sc3c(ccc4c5cc(-c6ccccc6)ccc5n(-c5ccccc5)c43)c21. The Bertz CT molecular complexity index is 2700. The number of rotatable bonds is 5. The van der Waals surface area contributed by atoms with E-state index in [1.54, 1.807) is 0 Å². The van der Waals surface area contributed by atoms with Gasteiger partial charge < -0.3 is 9.47 Å². The van der Waals surface area contributed by atoms with Crippen LogP contribution < -0.4 is 4.90 Å². The van der Waals surface area contributed by atoms with Gasteiger partial charge in [0.1, 0.15) is 0 Å². The van der Waals surface area contributed by atoms with Crippen molar-refractivity contribution in [2.45, 2.75) is 12.8 Å². The lowest BCUT2D eigenvalue weighted by Crippen LogP contribution is -2.19. The van der Waals surface area contributed by atoms with Crippen LogP contribution >= 0.6 is 11.3 Å². The smallest absolute Gasteiger partial charge is 0.0719 e. The molecule has 0 radical (unpaired) electrons. The first kappa shape index (κ1) is 28.1. The molecule has 0 unspecified atom stereocenters. The third-order valence-corrected chi connectivity index (χ3v) is 11.3. The summed E-state index contributed by atoms with van der Waals surface area (Å²) in [6.07, 6.45) is 4.46. The summed E-state index contributed by atoms with van der Waals surface area (Å²) in [6, 6.07) is 59.5. The Morgan fingerprint density at radius 3 is 2.08 bits per heavy atom. The van der Waals surface area contributed by atoms with Crippen LogP contribution in [0.3, 0.4) is 0 Å². The molecule has 0 N–H and O–H groups in total. The average Bonchev–Trinajstić information content (AvgIpc) is 3.71. The lowest BCUT2D eigenvalue weighted by molar-refractivity contribution is 0.913. The summed E-state index contributed by atoms with van der Waals surface area (Å²) in [5, 5.41) is 6.44. The summed E-state index contributed by atoms with van der Waals surface area (Å²) in [6.45, 7) is 0. The Labute approximate surface area is 289 Å². The van der Waals surface area contributed by atoms with E-state index in [1.165, 1.54) is 87.0 Å². The molecule has 0 saturated carbocycles. The van der Waals surface area contributed by atoms with Gasteiger partial charge in [0.15, 0.2) is 0 Å². The van der Waals surface area contributed by atoms with Crippen molar-refractivity contribution in [3.63, 3.8) is 0 Å². The molecule has 0 fully saturated rings. The lowest BCUT2D eigenvalue weighted by Gasteiger charge is -2.31. The van der Waals surface area contributed by atoms with Crippen molar-refractivity contribution < 1.29 is 0 Å². The van der Waals surface area contributed by atoms with Crippen molar-refractivity contribution in [2.24, 2.45) is 0 Å². The standard InChI is InChI=1S/C46H32N2S/c1-4-13-31(14-5-1)33-23-27-43-40(29-33)38-25-26-39-41-30-36(24-28-44(41)49-46(39)45(38)48(43)35-19-8-3-9-20-35)47(34-17-6-2-7-18-34)42-22-12-16-32-15-10-11-21-37(32)42/h1-23,25-27,29-30H,24,28H2. The van der Waals surface area contributed by atoms with Crippen LogP contribution in [-0.4, -0.2) is 4.57 Å². The largest absolute Gasteiger partial charge is 0.314 e. The number of aromatic nitrogens is 1. The Balaban J connectivity index is 1.21. The van der Waals surface area contributed by atoms with Crippen molar-refractivity contribution in [3.8, 4) is 16.8 Å². The molecular weight excluding hydrogens is 613 g/mol. The molecule has 0 atom stereocenters. The van der Waals surface area contributed by atoms with Crippen molar-refractivity contribution in [1.29, 1.82) is 0 Å². The van der Waals surface area contributed by atoms with Gasteiger partial charge in [0.05, 0.1) is 21.4 Å². The van der Waals surface area contributed by atoms with E-state index < -0.39 is 0 Å². The molecule has 232 valence electrons. The Kier molecular flexibility index (Phi) is 6.53. The van der Waals surface area contributed by atoms with Gasteiger partial charge in [0.25, 0.3) is 0 Å². The van der Waals surface area contributed by atoms with Crippen LogP contribution in [0.15, 0.2) is 169 Å². The minimum atomic E-state index is 0.975. The zero-order chi connectivity index (χ0) is 32.3. The zero-order valence-corrected chi connectivity index (χ0v) is 27.7. The molecule has 0 saturated heterocycles. The molecule has 2 nitrogen and oxygen atoms in total. The molecule has 0 bridgehead atoms. The van der Waals surface area contributed by atoms with E-state index in [4.69, 9.17) is 0 Å². The lowest BCUT2D eigenvalue weighted by atomic mass is 9.97. The van der Waals surface area contributed by atoms with Crippen LogP contribution in [0, 0.1) is 0 Å². The number of hydrogen-bond donors (Lipinski definition) is 0. The minimum Gasteiger partial charge on any atom is -0.314 e. The van der Waals surface area contributed by atoms with Crippen LogP contribution in [0.1, 0.15) is 16.9 Å². The van der Waals surface area contributed by atoms with E-state index in [9.17, 15) is 0 Å². The van der Waals surface area contributed by atoms with Crippen molar-refractivity contribution in [1.82, 2.24) is 4.57 Å². The number of para-hydroxylation sites is 2. The maximum atomic E-state index is 2.49. The van der Waals surface area contributed by atoms with Gasteiger partial charge in [-0.15, -0.1) is 11.3 Å². The van der Waals surface area contributed by atoms with Crippen molar-refractivity contribution in [2.75, 3.05) is 4.90 Å². The molecule has 1 aliphatic rings. The van der Waals surface area contributed by atoms with Crippen LogP contribution in [0.2, 0.25) is 0 Å². The van der Waals surface area contributed by atoms with E-state index in [1.807, 2.05) is 11.3 Å². The molecule has 0 amide bonds. The first-order valence-corrected chi connectivity index (χ1v) is 17.8. The quantitative estimate of drug-likeness (QED) is 0.181. The summed E-state index contributed by atoms with van der Waals surface area (Å²) < 4.78 is 3.85. The number of aryl methyl sites for hydroxylation is 1. The monoisotopic (exact) mass is 644 g/mol. The number of allylic oxidation sites excluding steroid dienone is 1. The van der Waals surface area contributed by atoms with Crippen LogP contribution in [0.4, 0.5) is 11.4 Å². The van der Waals surface area contributed by atoms with Gasteiger partial charge in [-0.1, -0.05) is 121 Å². The molecular formula is C46H32N2S. The van der Waals surface area contributed by atoms with E-state index >= 15 is 0 Å². The fraction of sp³-hybridized carbons (Fsp3) is 0.0435. The number of hydrogen-bond acceptors (Lipinski definition) is 2. The predicted octanol–water partition coefficient (Wildman–Crippen LogP) is 12.9. The molecule has 0 spiro atoms. The van der Waals surface area contributed by atoms with Crippen LogP contribution in [-0.2, 0) is 6.42 Å². The highest BCUT2D eigenvalue weighted by Gasteiger charge is 2.25. The molecule has 7 aromatic carbocycles. The predicted molar refractivity (Wildman–Crippen MR) is 210 cm³/mol. The van der Waals surface area contributed by atoms with Gasteiger partial charge in [-0.2, -0.15) is 0 Å². The van der Waals surface area contributed by atoms with Crippen LogP contribution in [0.25, 0.3) is 65.6 Å². The number of anilines is 2. The second-order valence-electron chi connectivity index (χ2n) is 12.9. The Morgan fingerprint density at radius 1 is 0.531 bits per heavy atom. The third-order valence-electron chi connectivity index (χ3n) is 10.0. The van der Waals surface area contributed by atoms with E-state index in [0.29, 0.717) is 0 Å². The summed E-state index contributed by atoms with van der Waals surface area (Å²) >= 11 is 1.98. The number of fused-ring (bicyclic) bond motifs is 8. The molecule has 3 heteroatoms. The number of benzene rings is 7. The van der Waals surface area contributed by atoms with Gasteiger partial charge in [0.2, 0.25) is 0 Å². The summed E-state index contributed by atoms with van der Waals surface area (Å²) in [4.78, 5) is 3.95. The number of nitrogens with zero attached hydrogens (tertiary/aromatic N) is 2. The van der Waals surface area contributed by atoms with Crippen LogP contribution in [0.5, 0.6) is 0 Å². The van der Waals surface area contributed by atoms with Gasteiger partial charge in [-0.3, -0.25) is 0 Å². The van der Waals surface area contributed by atoms with Gasteiger partial charge >= 0.3 is 0 Å². The van der Waals surface area contributed by atoms with Gasteiger partial charge in [0, 0.05) is 43.5 Å². The topological polar surface area (TPSA) is 8.17 Å². The molecule has 2 heterocycles. The van der Waals surface area contributed by atoms with Gasteiger partial charge in [-0.25, -0.2) is 0 Å². The summed E-state index contributed by atoms with van der Waals surface area (Å²) in [7, 11) is 0. The highest BCUT2D eigenvalue weighted by molar-refractivity contribution is 7.20.